The van der Waals surface area contributed by atoms with Crippen LogP contribution in [0.5, 0.6) is 0 Å². The fourth-order valence-electron chi connectivity index (χ4n) is 1.28. The van der Waals surface area contributed by atoms with Crippen LogP contribution in [0, 0.1) is 11.8 Å². The van der Waals surface area contributed by atoms with E-state index in [2.05, 4.69) is 35.5 Å². The molecule has 0 saturated heterocycles. The Morgan fingerprint density at radius 2 is 1.55 bits per heavy atom. The van der Waals surface area contributed by atoms with Gasteiger partial charge in [0.15, 0.2) is 0 Å². The zero-order valence-electron chi connectivity index (χ0n) is 8.85. The van der Waals surface area contributed by atoms with Crippen molar-refractivity contribution in [2.45, 2.75) is 52.8 Å². The summed E-state index contributed by atoms with van der Waals surface area (Å²) in [6.45, 7) is 9.35. The number of hydrogen-bond acceptors (Lipinski definition) is 0. The largest absolute Gasteiger partial charge is 0.105 e. The summed E-state index contributed by atoms with van der Waals surface area (Å²) in [4.78, 5) is 0. The van der Waals surface area contributed by atoms with E-state index < -0.39 is 0 Å². The molecule has 1 heteroatoms. The summed E-state index contributed by atoms with van der Waals surface area (Å²) >= 11 is 0. The zero-order chi connectivity index (χ0) is 8.85. The van der Waals surface area contributed by atoms with E-state index in [9.17, 15) is 0 Å². The molecule has 66 valence electrons. The molecule has 3 unspecified atom stereocenters. The van der Waals surface area contributed by atoms with Crippen LogP contribution in [-0.4, -0.2) is 7.85 Å². The molecule has 11 heavy (non-hydrogen) atoms. The van der Waals surface area contributed by atoms with Crippen LogP contribution in [0.1, 0.15) is 47.0 Å². The van der Waals surface area contributed by atoms with Gasteiger partial charge in [-0.2, -0.15) is 0 Å². The van der Waals surface area contributed by atoms with E-state index in [-0.39, 0.29) is 0 Å². The molecule has 0 bridgehead atoms. The molecular weight excluding hydrogens is 131 g/mol. The lowest BCUT2D eigenvalue weighted by Gasteiger charge is -2.18. The Morgan fingerprint density at radius 1 is 1.00 bits per heavy atom. The van der Waals surface area contributed by atoms with Gasteiger partial charge in [0.2, 0.25) is 0 Å². The van der Waals surface area contributed by atoms with E-state index in [4.69, 9.17) is 0 Å². The lowest BCUT2D eigenvalue weighted by Crippen LogP contribution is -2.07. The minimum absolute atomic E-state index is 0.876. The average Bonchev–Trinajstić information content (AvgIpc) is 1.98. The van der Waals surface area contributed by atoms with Crippen LogP contribution in [-0.2, 0) is 0 Å². The van der Waals surface area contributed by atoms with Crippen LogP contribution in [0.25, 0.3) is 0 Å². The maximum atomic E-state index is 2.39. The first-order chi connectivity index (χ1) is 5.07. The molecule has 0 aliphatic rings. The van der Waals surface area contributed by atoms with Gasteiger partial charge in [-0.05, 0) is 11.8 Å². The smallest absolute Gasteiger partial charge is 0.0725 e. The summed E-state index contributed by atoms with van der Waals surface area (Å²) in [6.07, 6.45) is 4.14. The molecule has 0 aromatic heterocycles. The quantitative estimate of drug-likeness (QED) is 0.534. The molecule has 0 aromatic carbocycles. The normalized spacial score (nSPS) is 19.3. The molecule has 0 aliphatic heterocycles. The molecule has 0 aliphatic carbocycles. The second-order valence-corrected chi connectivity index (χ2v) is 4.33. The van der Waals surface area contributed by atoms with Crippen molar-refractivity contribution >= 4 is 7.85 Å². The van der Waals surface area contributed by atoms with Gasteiger partial charge >= 0.3 is 0 Å². The van der Waals surface area contributed by atoms with Crippen LogP contribution < -0.4 is 0 Å². The van der Waals surface area contributed by atoms with Gasteiger partial charge in [0.1, 0.15) is 7.85 Å². The van der Waals surface area contributed by atoms with Gasteiger partial charge in [0, 0.05) is 0 Å². The fraction of sp³-hybridized carbons (Fsp3) is 1.00. The van der Waals surface area contributed by atoms with Crippen molar-refractivity contribution in [3.05, 3.63) is 0 Å². The monoisotopic (exact) mass is 154 g/mol. The standard InChI is InChI=1S/C10H23B/c1-5-8(2)9(3)6-7-10(4)11/h8-10H,5-7,11H2,1-4H3. The second-order valence-electron chi connectivity index (χ2n) is 4.33. The Morgan fingerprint density at radius 3 is 1.91 bits per heavy atom. The van der Waals surface area contributed by atoms with Crippen LogP contribution in [0.3, 0.4) is 0 Å². The van der Waals surface area contributed by atoms with Crippen LogP contribution in [0.2, 0.25) is 5.82 Å². The first-order valence-electron chi connectivity index (χ1n) is 5.07. The molecule has 0 rings (SSSR count). The van der Waals surface area contributed by atoms with Crippen LogP contribution in [0.4, 0.5) is 0 Å². The minimum Gasteiger partial charge on any atom is -0.0725 e. The third-order valence-electron chi connectivity index (χ3n) is 2.81. The van der Waals surface area contributed by atoms with E-state index >= 15 is 0 Å². The highest BCUT2D eigenvalue weighted by Gasteiger charge is 2.09. The molecule has 0 spiro atoms. The van der Waals surface area contributed by atoms with Crippen molar-refractivity contribution in [1.82, 2.24) is 0 Å². The molecule has 0 radical (unpaired) electrons. The Bertz CT molecular complexity index is 88.9. The molecule has 0 fully saturated rings. The van der Waals surface area contributed by atoms with Crippen molar-refractivity contribution in [2.75, 3.05) is 0 Å². The highest BCUT2D eigenvalue weighted by atomic mass is 14.1. The van der Waals surface area contributed by atoms with Gasteiger partial charge < -0.3 is 0 Å². The highest BCUT2D eigenvalue weighted by Crippen LogP contribution is 2.22. The first kappa shape index (κ1) is 11.1. The maximum Gasteiger partial charge on any atom is 0.105 e. The van der Waals surface area contributed by atoms with Gasteiger partial charge in [-0.1, -0.05) is 52.8 Å². The third kappa shape index (κ3) is 5.35. The molecular formula is C10H23B. The molecule has 3 atom stereocenters. The van der Waals surface area contributed by atoms with Crippen molar-refractivity contribution in [3.8, 4) is 0 Å². The van der Waals surface area contributed by atoms with Crippen molar-refractivity contribution < 1.29 is 0 Å². The Balaban J connectivity index is 3.43. The van der Waals surface area contributed by atoms with Crippen molar-refractivity contribution in [1.29, 1.82) is 0 Å². The summed E-state index contributed by atoms with van der Waals surface area (Å²) < 4.78 is 0. The second kappa shape index (κ2) is 5.68. The number of hydrogen-bond donors (Lipinski definition) is 0. The fourth-order valence-corrected chi connectivity index (χ4v) is 1.28. The van der Waals surface area contributed by atoms with Gasteiger partial charge in [0.25, 0.3) is 0 Å². The molecule has 0 saturated carbocycles. The van der Waals surface area contributed by atoms with Gasteiger partial charge in [-0.3, -0.25) is 0 Å². The number of rotatable bonds is 5. The van der Waals surface area contributed by atoms with Gasteiger partial charge in [0.05, 0.1) is 0 Å². The summed E-state index contributed by atoms with van der Waals surface area (Å²) in [5.74, 6) is 2.71. The Labute approximate surface area is 73.2 Å². The van der Waals surface area contributed by atoms with E-state index in [0.29, 0.717) is 0 Å². The molecule has 0 N–H and O–H groups in total. The van der Waals surface area contributed by atoms with Crippen LogP contribution in [0.15, 0.2) is 0 Å². The first-order valence-corrected chi connectivity index (χ1v) is 5.07. The van der Waals surface area contributed by atoms with E-state index in [1.165, 1.54) is 19.3 Å². The van der Waals surface area contributed by atoms with Crippen molar-refractivity contribution in [2.24, 2.45) is 11.8 Å². The SMILES string of the molecule is BC(C)CCC(C)C(C)CC. The Hall–Kier alpha value is 0.0649. The van der Waals surface area contributed by atoms with E-state index in [1.807, 2.05) is 0 Å². The minimum atomic E-state index is 0.876. The predicted molar refractivity (Wildman–Crippen MR) is 55.8 cm³/mol. The topological polar surface area (TPSA) is 0 Å². The Kier molecular flexibility index (Phi) is 5.72. The summed E-state index contributed by atoms with van der Waals surface area (Å²) in [5.41, 5.74) is 0. The molecule has 0 nitrogen and oxygen atoms in total. The molecule has 0 amide bonds. The van der Waals surface area contributed by atoms with E-state index in [1.54, 1.807) is 0 Å². The molecule has 0 aromatic rings. The van der Waals surface area contributed by atoms with Gasteiger partial charge in [-0.15, -0.1) is 0 Å². The van der Waals surface area contributed by atoms with Crippen molar-refractivity contribution in [3.63, 3.8) is 0 Å². The average molecular weight is 154 g/mol. The lowest BCUT2D eigenvalue weighted by molar-refractivity contribution is 0.346. The lowest BCUT2D eigenvalue weighted by atomic mass is 9.80. The van der Waals surface area contributed by atoms with Gasteiger partial charge in [-0.25, -0.2) is 0 Å². The highest BCUT2D eigenvalue weighted by molar-refractivity contribution is 6.11. The summed E-state index contributed by atoms with van der Waals surface area (Å²) in [6, 6.07) is 0. The predicted octanol–water partition coefficient (Wildman–Crippen LogP) is 2.89. The third-order valence-corrected chi connectivity index (χ3v) is 2.81. The summed E-state index contributed by atoms with van der Waals surface area (Å²) in [5, 5.41) is 0. The zero-order valence-corrected chi connectivity index (χ0v) is 8.85. The summed E-state index contributed by atoms with van der Waals surface area (Å²) in [7, 11) is 2.31. The molecule has 0 heterocycles. The maximum absolute atomic E-state index is 2.39. The van der Waals surface area contributed by atoms with Crippen LogP contribution >= 0.6 is 0 Å². The van der Waals surface area contributed by atoms with E-state index in [0.717, 1.165) is 17.7 Å².